The van der Waals surface area contributed by atoms with E-state index in [-0.39, 0.29) is 0 Å². The Hall–Kier alpha value is -6.37. The molecular weight excluding hydrogens is 558 g/mol. The first-order chi connectivity index (χ1) is 22.8. The lowest BCUT2D eigenvalue weighted by molar-refractivity contribution is 1.18. The molecule has 9 aromatic rings. The lowest BCUT2D eigenvalue weighted by Crippen LogP contribution is -1.94. The van der Waals surface area contributed by atoms with Gasteiger partial charge in [-0.2, -0.15) is 0 Å². The van der Waals surface area contributed by atoms with Crippen LogP contribution in [0.2, 0.25) is 0 Å². The van der Waals surface area contributed by atoms with Crippen molar-refractivity contribution in [3.63, 3.8) is 0 Å². The third-order valence-electron chi connectivity index (χ3n) is 9.13. The maximum atomic E-state index is 7.29. The molecule has 3 nitrogen and oxygen atoms in total. The Bertz CT molecular complexity index is 2630. The molecule has 0 aliphatic heterocycles. The van der Waals surface area contributed by atoms with Crippen LogP contribution in [-0.4, -0.2) is 9.13 Å². The second-order valence-electron chi connectivity index (χ2n) is 11.7. The molecule has 0 saturated heterocycles. The SMILES string of the molecule is [C-]#[N+]c1ccc(-c2cccc(-n3c4ccccc4c4cc(-c5ccc6c(c5)c5ccccc5n6-c5ccccc5)ccc43)c2)cc1. The van der Waals surface area contributed by atoms with Gasteiger partial charge < -0.3 is 9.13 Å². The Morgan fingerprint density at radius 1 is 0.348 bits per heavy atom. The summed E-state index contributed by atoms with van der Waals surface area (Å²) in [5.41, 5.74) is 12.3. The maximum absolute atomic E-state index is 7.29. The number of hydrogen-bond acceptors (Lipinski definition) is 0. The third-order valence-corrected chi connectivity index (χ3v) is 9.13. The first kappa shape index (κ1) is 26.1. The molecule has 0 radical (unpaired) electrons. The highest BCUT2D eigenvalue weighted by Crippen LogP contribution is 2.38. The van der Waals surface area contributed by atoms with Gasteiger partial charge in [-0.3, -0.25) is 0 Å². The Morgan fingerprint density at radius 3 is 1.43 bits per heavy atom. The Morgan fingerprint density at radius 2 is 0.826 bits per heavy atom. The molecule has 0 fully saturated rings. The quantitative estimate of drug-likeness (QED) is 0.182. The molecule has 0 spiro atoms. The number of para-hydroxylation sites is 3. The second-order valence-corrected chi connectivity index (χ2v) is 11.7. The largest absolute Gasteiger partial charge is 0.309 e. The molecule has 46 heavy (non-hydrogen) atoms. The summed E-state index contributed by atoms with van der Waals surface area (Å²) >= 11 is 0. The van der Waals surface area contributed by atoms with Gasteiger partial charge in [0.15, 0.2) is 5.69 Å². The normalized spacial score (nSPS) is 11.5. The minimum Gasteiger partial charge on any atom is -0.309 e. The molecule has 3 heteroatoms. The van der Waals surface area contributed by atoms with Crippen LogP contribution in [0.5, 0.6) is 0 Å². The fourth-order valence-electron chi connectivity index (χ4n) is 6.99. The first-order valence-corrected chi connectivity index (χ1v) is 15.5. The van der Waals surface area contributed by atoms with E-state index in [1.807, 2.05) is 24.3 Å². The molecule has 0 unspecified atom stereocenters. The molecule has 0 amide bonds. The molecule has 0 aliphatic rings. The van der Waals surface area contributed by atoms with E-state index in [1.165, 1.54) is 60.4 Å². The van der Waals surface area contributed by atoms with Gasteiger partial charge in [0, 0.05) is 32.9 Å². The molecule has 214 valence electrons. The van der Waals surface area contributed by atoms with Crippen LogP contribution in [0.25, 0.3) is 82.1 Å². The van der Waals surface area contributed by atoms with Gasteiger partial charge >= 0.3 is 0 Å². The third kappa shape index (κ3) is 4.05. The summed E-state index contributed by atoms with van der Waals surface area (Å²) in [6.45, 7) is 7.29. The molecule has 0 atom stereocenters. The van der Waals surface area contributed by atoms with E-state index >= 15 is 0 Å². The second kappa shape index (κ2) is 10.4. The molecule has 0 aliphatic carbocycles. The molecular formula is C43H27N3. The van der Waals surface area contributed by atoms with Crippen LogP contribution >= 0.6 is 0 Å². The van der Waals surface area contributed by atoms with E-state index in [0.29, 0.717) is 5.69 Å². The molecule has 2 aromatic heterocycles. The smallest absolute Gasteiger partial charge is 0.187 e. The molecule has 0 saturated carbocycles. The Kier molecular flexibility index (Phi) is 5.88. The fraction of sp³-hybridized carbons (Fsp3) is 0. The highest BCUT2D eigenvalue weighted by molar-refractivity contribution is 6.12. The van der Waals surface area contributed by atoms with E-state index < -0.39 is 0 Å². The van der Waals surface area contributed by atoms with Gasteiger partial charge in [-0.1, -0.05) is 103 Å². The summed E-state index contributed by atoms with van der Waals surface area (Å²) in [7, 11) is 0. The van der Waals surface area contributed by atoms with Gasteiger partial charge in [0.2, 0.25) is 0 Å². The van der Waals surface area contributed by atoms with E-state index in [2.05, 4.69) is 154 Å². The fourth-order valence-corrected chi connectivity index (χ4v) is 6.99. The van der Waals surface area contributed by atoms with Crippen LogP contribution < -0.4 is 0 Å². The summed E-state index contributed by atoms with van der Waals surface area (Å²) in [6, 6.07) is 58.2. The number of hydrogen-bond donors (Lipinski definition) is 0. The summed E-state index contributed by atoms with van der Waals surface area (Å²) in [4.78, 5) is 3.55. The number of rotatable bonds is 4. The standard InChI is InChI=1S/C43H27N3/c1-44-33-22-18-29(19-23-33)30-10-9-13-35(26-30)46-41-17-8-6-15-37(41)39-28-32(21-25-43(39)46)31-20-24-42-38(27-31)36-14-5-7-16-40(36)45(42)34-11-3-2-4-12-34/h2-28H. The van der Waals surface area contributed by atoms with Gasteiger partial charge in [-0.25, -0.2) is 4.85 Å². The minimum atomic E-state index is 0.652. The topological polar surface area (TPSA) is 14.2 Å². The van der Waals surface area contributed by atoms with Crippen LogP contribution in [0, 0.1) is 6.57 Å². The number of aromatic nitrogens is 2. The summed E-state index contributed by atoms with van der Waals surface area (Å²) in [5, 5.41) is 4.96. The summed E-state index contributed by atoms with van der Waals surface area (Å²) in [5.74, 6) is 0. The average molecular weight is 586 g/mol. The highest BCUT2D eigenvalue weighted by Gasteiger charge is 2.16. The van der Waals surface area contributed by atoms with E-state index in [1.54, 1.807) is 0 Å². The van der Waals surface area contributed by atoms with E-state index in [9.17, 15) is 0 Å². The van der Waals surface area contributed by atoms with Crippen molar-refractivity contribution in [3.8, 4) is 33.6 Å². The average Bonchev–Trinajstić information content (AvgIpc) is 3.64. The van der Waals surface area contributed by atoms with Crippen molar-refractivity contribution in [1.82, 2.24) is 9.13 Å². The van der Waals surface area contributed by atoms with Crippen LogP contribution in [0.15, 0.2) is 164 Å². The maximum Gasteiger partial charge on any atom is 0.187 e. The molecule has 7 aromatic carbocycles. The molecule has 0 bridgehead atoms. The van der Waals surface area contributed by atoms with E-state index in [0.717, 1.165) is 16.8 Å². The number of nitrogens with zero attached hydrogens (tertiary/aromatic N) is 3. The van der Waals surface area contributed by atoms with Gasteiger partial charge in [0.1, 0.15) is 0 Å². The predicted molar refractivity (Wildman–Crippen MR) is 192 cm³/mol. The highest BCUT2D eigenvalue weighted by atomic mass is 15.0. The monoisotopic (exact) mass is 585 g/mol. The zero-order chi connectivity index (χ0) is 30.6. The minimum absolute atomic E-state index is 0.652. The van der Waals surface area contributed by atoms with Crippen LogP contribution in [0.3, 0.4) is 0 Å². The van der Waals surface area contributed by atoms with Crippen molar-refractivity contribution < 1.29 is 0 Å². The Labute approximate surface area is 266 Å². The molecule has 0 N–H and O–H groups in total. The zero-order valence-electron chi connectivity index (χ0n) is 24.9. The number of benzene rings is 7. The lowest BCUT2D eigenvalue weighted by atomic mass is 10.0. The van der Waals surface area contributed by atoms with Crippen molar-refractivity contribution in [2.75, 3.05) is 0 Å². The van der Waals surface area contributed by atoms with Crippen LogP contribution in [0.1, 0.15) is 0 Å². The van der Waals surface area contributed by atoms with Gasteiger partial charge in [-0.15, -0.1) is 0 Å². The van der Waals surface area contributed by atoms with Crippen molar-refractivity contribution in [3.05, 3.63) is 175 Å². The van der Waals surface area contributed by atoms with Crippen molar-refractivity contribution >= 4 is 49.3 Å². The van der Waals surface area contributed by atoms with Crippen molar-refractivity contribution in [1.29, 1.82) is 0 Å². The van der Waals surface area contributed by atoms with Crippen LogP contribution in [-0.2, 0) is 0 Å². The Balaban J connectivity index is 1.20. The van der Waals surface area contributed by atoms with Gasteiger partial charge in [0.25, 0.3) is 0 Å². The first-order valence-electron chi connectivity index (χ1n) is 15.5. The van der Waals surface area contributed by atoms with Crippen molar-refractivity contribution in [2.24, 2.45) is 0 Å². The van der Waals surface area contributed by atoms with Crippen LogP contribution in [0.4, 0.5) is 5.69 Å². The summed E-state index contributed by atoms with van der Waals surface area (Å²) < 4.78 is 4.72. The van der Waals surface area contributed by atoms with Gasteiger partial charge in [0.05, 0.1) is 28.6 Å². The summed E-state index contributed by atoms with van der Waals surface area (Å²) in [6.07, 6.45) is 0. The van der Waals surface area contributed by atoms with E-state index in [4.69, 9.17) is 6.57 Å². The number of fused-ring (bicyclic) bond motifs is 6. The van der Waals surface area contributed by atoms with Crippen molar-refractivity contribution in [2.45, 2.75) is 0 Å². The zero-order valence-corrected chi connectivity index (χ0v) is 24.9. The molecule has 9 rings (SSSR count). The predicted octanol–water partition coefficient (Wildman–Crippen LogP) is 11.8. The molecule has 2 heterocycles. The lowest BCUT2D eigenvalue weighted by Gasteiger charge is -2.11. The van der Waals surface area contributed by atoms with Gasteiger partial charge in [-0.05, 0) is 82.9 Å².